The van der Waals surface area contributed by atoms with Gasteiger partial charge in [0.05, 0.1) is 20.3 Å². The zero-order chi connectivity index (χ0) is 22.1. The summed E-state index contributed by atoms with van der Waals surface area (Å²) in [5.74, 6) is -0.891. The maximum Gasteiger partial charge on any atom is 0.313 e. The van der Waals surface area contributed by atoms with Gasteiger partial charge >= 0.3 is 5.97 Å². The number of halogens is 1. The number of carboxylic acids is 1. The van der Waals surface area contributed by atoms with E-state index in [1.54, 1.807) is 23.1 Å². The van der Waals surface area contributed by atoms with Gasteiger partial charge in [-0.2, -0.15) is 0 Å². The summed E-state index contributed by atoms with van der Waals surface area (Å²) >= 11 is 3.39. The molecule has 1 aromatic carbocycles. The van der Waals surface area contributed by atoms with Crippen LogP contribution in [0.4, 0.5) is 0 Å². The molecule has 1 aromatic heterocycles. The van der Waals surface area contributed by atoms with Gasteiger partial charge in [-0.15, -0.1) is 0 Å². The van der Waals surface area contributed by atoms with Crippen LogP contribution in [0.25, 0.3) is 0 Å². The number of methoxy groups -OCH3 is 2. The van der Waals surface area contributed by atoms with Gasteiger partial charge in [0.1, 0.15) is 5.92 Å². The number of carboxylic acid groups (broad SMARTS) is 1. The van der Waals surface area contributed by atoms with Crippen LogP contribution in [-0.2, 0) is 4.79 Å². The van der Waals surface area contributed by atoms with Gasteiger partial charge in [-0.3, -0.25) is 9.59 Å². The maximum atomic E-state index is 13.5. The first-order valence-electron chi connectivity index (χ1n) is 9.61. The number of ether oxygens (including phenoxy) is 4. The summed E-state index contributed by atoms with van der Waals surface area (Å²) in [7, 11) is 2.93. The Hall–Kier alpha value is -3.01. The smallest absolute Gasteiger partial charge is 0.313 e. The van der Waals surface area contributed by atoms with E-state index in [-0.39, 0.29) is 18.3 Å². The van der Waals surface area contributed by atoms with E-state index in [2.05, 4.69) is 20.9 Å². The van der Waals surface area contributed by atoms with E-state index in [0.29, 0.717) is 52.6 Å². The Labute approximate surface area is 187 Å². The van der Waals surface area contributed by atoms with Gasteiger partial charge in [0, 0.05) is 23.6 Å². The highest BCUT2D eigenvalue weighted by Gasteiger charge is 2.45. The summed E-state index contributed by atoms with van der Waals surface area (Å²) in [6.45, 7) is 0.408. The third-order valence-electron chi connectivity index (χ3n) is 5.42. The van der Waals surface area contributed by atoms with E-state index in [0.717, 1.165) is 0 Å². The highest BCUT2D eigenvalue weighted by molar-refractivity contribution is 9.09. The number of hydrogen-bond donors (Lipinski definition) is 1. The molecule has 3 heterocycles. The predicted octanol–water partition coefficient (Wildman–Crippen LogP) is 2.98. The Balaban J connectivity index is 1.91. The topological polar surface area (TPSA) is 107 Å². The van der Waals surface area contributed by atoms with Crippen LogP contribution in [-0.4, -0.2) is 59.8 Å². The normalized spacial score (nSPS) is 19.2. The minimum atomic E-state index is -1.06. The van der Waals surface area contributed by atoms with Crippen molar-refractivity contribution in [3.8, 4) is 23.1 Å². The molecule has 0 fully saturated rings. The maximum absolute atomic E-state index is 13.5. The van der Waals surface area contributed by atoms with Gasteiger partial charge in [-0.05, 0) is 35.7 Å². The molecule has 0 saturated carbocycles. The molecule has 0 saturated heterocycles. The lowest BCUT2D eigenvalue weighted by atomic mass is 9.79. The molecule has 2 aliphatic heterocycles. The number of carbonyl (C=O) groups excluding carboxylic acids is 1. The first-order chi connectivity index (χ1) is 15.0. The first kappa shape index (κ1) is 21.2. The molecule has 2 aliphatic rings. The Morgan fingerprint density at radius 1 is 1.26 bits per heavy atom. The highest BCUT2D eigenvalue weighted by atomic mass is 79.9. The van der Waals surface area contributed by atoms with Gasteiger partial charge in [-0.1, -0.05) is 15.9 Å². The fraction of sp³-hybridized carbons (Fsp3) is 0.381. The zero-order valence-corrected chi connectivity index (χ0v) is 18.5. The van der Waals surface area contributed by atoms with Crippen molar-refractivity contribution < 1.29 is 33.6 Å². The lowest BCUT2D eigenvalue weighted by Crippen LogP contribution is -2.45. The average Bonchev–Trinajstić information content (AvgIpc) is 3.25. The Kier molecular flexibility index (Phi) is 5.90. The molecule has 1 N–H and O–H groups in total. The van der Waals surface area contributed by atoms with Crippen LogP contribution in [0.2, 0.25) is 0 Å². The number of alkyl halides is 1. The van der Waals surface area contributed by atoms with Crippen LogP contribution in [0.5, 0.6) is 23.1 Å². The van der Waals surface area contributed by atoms with E-state index >= 15 is 0 Å². The number of hydrogen-bond acceptors (Lipinski definition) is 7. The van der Waals surface area contributed by atoms with Crippen LogP contribution >= 0.6 is 15.9 Å². The van der Waals surface area contributed by atoms with Crippen molar-refractivity contribution in [2.45, 2.75) is 18.4 Å². The third kappa shape index (κ3) is 3.65. The zero-order valence-electron chi connectivity index (χ0n) is 17.0. The fourth-order valence-electron chi connectivity index (χ4n) is 4.05. The van der Waals surface area contributed by atoms with Gasteiger partial charge in [-0.25, -0.2) is 4.98 Å². The first-order valence-corrected chi connectivity index (χ1v) is 10.7. The van der Waals surface area contributed by atoms with Crippen LogP contribution < -0.4 is 18.9 Å². The molecule has 0 bridgehead atoms. The molecule has 2 atom stereocenters. The van der Waals surface area contributed by atoms with Crippen molar-refractivity contribution in [1.29, 1.82) is 0 Å². The largest absolute Gasteiger partial charge is 0.493 e. The van der Waals surface area contributed by atoms with E-state index in [1.165, 1.54) is 20.4 Å². The van der Waals surface area contributed by atoms with Crippen LogP contribution in [0.1, 0.15) is 39.9 Å². The molecule has 2 aromatic rings. The van der Waals surface area contributed by atoms with Gasteiger partial charge in [0.25, 0.3) is 11.8 Å². The number of carbonyl (C=O) groups is 2. The van der Waals surface area contributed by atoms with E-state index < -0.39 is 17.9 Å². The Morgan fingerprint density at radius 2 is 2.00 bits per heavy atom. The fourth-order valence-corrected chi connectivity index (χ4v) is 4.30. The molecule has 31 heavy (non-hydrogen) atoms. The lowest BCUT2D eigenvalue weighted by Gasteiger charge is -2.41. The van der Waals surface area contributed by atoms with Gasteiger partial charge in [0.2, 0.25) is 6.79 Å². The minimum Gasteiger partial charge on any atom is -0.493 e. The number of nitrogens with zero attached hydrogens (tertiary/aromatic N) is 2. The second-order valence-electron chi connectivity index (χ2n) is 7.07. The molecule has 1 amide bonds. The Morgan fingerprint density at radius 3 is 2.68 bits per heavy atom. The SMILES string of the molecule is COc1cc2c(cc1OC)C(C(=O)O)C(c1cnc3c(c1)OCO3)N(CCCBr)C2=O. The minimum absolute atomic E-state index is 0.0465. The summed E-state index contributed by atoms with van der Waals surface area (Å²) < 4.78 is 21.4. The van der Waals surface area contributed by atoms with Crippen LogP contribution in [0, 0.1) is 0 Å². The summed E-state index contributed by atoms with van der Waals surface area (Å²) in [6.07, 6.45) is 2.18. The van der Waals surface area contributed by atoms with Gasteiger partial charge in [0.15, 0.2) is 17.2 Å². The van der Waals surface area contributed by atoms with E-state index in [9.17, 15) is 14.7 Å². The number of benzene rings is 1. The molecule has 4 rings (SSSR count). The molecule has 164 valence electrons. The molecule has 9 nitrogen and oxygen atoms in total. The quantitative estimate of drug-likeness (QED) is 0.587. The van der Waals surface area contributed by atoms with Crippen molar-refractivity contribution in [1.82, 2.24) is 9.88 Å². The molecular weight excluding hydrogens is 472 g/mol. The summed E-state index contributed by atoms with van der Waals surface area (Å²) in [5.41, 5.74) is 1.21. The number of aromatic nitrogens is 1. The van der Waals surface area contributed by atoms with E-state index in [1.807, 2.05) is 0 Å². The number of rotatable bonds is 7. The monoisotopic (exact) mass is 492 g/mol. The summed E-state index contributed by atoms with van der Waals surface area (Å²) in [4.78, 5) is 31.9. The molecule has 0 spiro atoms. The van der Waals surface area contributed by atoms with Crippen molar-refractivity contribution in [3.63, 3.8) is 0 Å². The van der Waals surface area contributed by atoms with Crippen LogP contribution in [0.15, 0.2) is 24.4 Å². The lowest BCUT2D eigenvalue weighted by molar-refractivity contribution is -0.140. The second kappa shape index (κ2) is 8.62. The Bertz CT molecular complexity index is 1030. The number of pyridine rings is 1. The molecular formula is C21H21BrN2O7. The second-order valence-corrected chi connectivity index (χ2v) is 7.87. The number of amides is 1. The molecule has 2 unspecified atom stereocenters. The number of aliphatic carboxylic acids is 1. The van der Waals surface area contributed by atoms with Gasteiger partial charge < -0.3 is 29.0 Å². The van der Waals surface area contributed by atoms with E-state index in [4.69, 9.17) is 18.9 Å². The average molecular weight is 493 g/mol. The number of fused-ring (bicyclic) bond motifs is 2. The van der Waals surface area contributed by atoms with Crippen molar-refractivity contribution in [3.05, 3.63) is 41.1 Å². The summed E-state index contributed by atoms with van der Waals surface area (Å²) in [5, 5.41) is 10.9. The molecule has 0 aliphatic carbocycles. The van der Waals surface area contributed by atoms with Crippen molar-refractivity contribution in [2.24, 2.45) is 0 Å². The van der Waals surface area contributed by atoms with Crippen LogP contribution in [0.3, 0.4) is 0 Å². The highest BCUT2D eigenvalue weighted by Crippen LogP contribution is 2.47. The third-order valence-corrected chi connectivity index (χ3v) is 5.98. The standard InChI is InChI=1S/C21H21BrN2O7/c1-28-14-7-12-13(8-15(14)29-2)20(25)24(5-3-4-22)18(17(12)21(26)27)11-6-16-19(23-9-11)31-10-30-16/h6-9,17-18H,3-5,10H2,1-2H3,(H,26,27). The predicted molar refractivity (Wildman–Crippen MR) is 112 cm³/mol. The van der Waals surface area contributed by atoms with Crippen molar-refractivity contribution in [2.75, 3.05) is 32.9 Å². The summed E-state index contributed by atoms with van der Waals surface area (Å²) in [6, 6.07) is 4.02. The molecule has 10 heteroatoms. The molecule has 0 radical (unpaired) electrons. The van der Waals surface area contributed by atoms with Crippen molar-refractivity contribution >= 4 is 27.8 Å².